The molecule has 1 atom stereocenters. The zero-order valence-electron chi connectivity index (χ0n) is 9.37. The molecule has 84 valence electrons. The minimum absolute atomic E-state index is 0.710. The SMILES string of the molecule is Cc1ncccc1OCCC(C)CCBr. The van der Waals surface area contributed by atoms with Gasteiger partial charge in [0.05, 0.1) is 12.3 Å². The Balaban J connectivity index is 2.29. The van der Waals surface area contributed by atoms with Gasteiger partial charge < -0.3 is 4.74 Å². The summed E-state index contributed by atoms with van der Waals surface area (Å²) >= 11 is 3.45. The Kier molecular flexibility index (Phi) is 5.69. The van der Waals surface area contributed by atoms with Gasteiger partial charge in [-0.1, -0.05) is 22.9 Å². The van der Waals surface area contributed by atoms with Crippen LogP contribution in [0.2, 0.25) is 0 Å². The molecular weight excluding hydrogens is 254 g/mol. The molecule has 3 heteroatoms. The van der Waals surface area contributed by atoms with Crippen LogP contribution in [0.5, 0.6) is 5.75 Å². The molecule has 0 spiro atoms. The molecule has 1 unspecified atom stereocenters. The molecule has 0 saturated carbocycles. The summed E-state index contributed by atoms with van der Waals surface area (Å²) in [7, 11) is 0. The van der Waals surface area contributed by atoms with Crippen LogP contribution in [-0.2, 0) is 0 Å². The number of aromatic nitrogens is 1. The van der Waals surface area contributed by atoms with E-state index in [4.69, 9.17) is 4.74 Å². The second-order valence-corrected chi connectivity index (χ2v) is 4.60. The highest BCUT2D eigenvalue weighted by Gasteiger charge is 2.03. The van der Waals surface area contributed by atoms with Crippen molar-refractivity contribution in [2.75, 3.05) is 11.9 Å². The van der Waals surface area contributed by atoms with Crippen LogP contribution in [0.15, 0.2) is 18.3 Å². The molecule has 0 aliphatic carbocycles. The summed E-state index contributed by atoms with van der Waals surface area (Å²) in [4.78, 5) is 4.18. The van der Waals surface area contributed by atoms with E-state index in [9.17, 15) is 0 Å². The summed E-state index contributed by atoms with van der Waals surface area (Å²) in [6, 6.07) is 3.88. The fourth-order valence-electron chi connectivity index (χ4n) is 1.32. The first kappa shape index (κ1) is 12.5. The highest BCUT2D eigenvalue weighted by molar-refractivity contribution is 9.09. The quantitative estimate of drug-likeness (QED) is 0.738. The summed E-state index contributed by atoms with van der Waals surface area (Å²) in [5.74, 6) is 1.62. The van der Waals surface area contributed by atoms with Gasteiger partial charge in [-0.3, -0.25) is 4.98 Å². The van der Waals surface area contributed by atoms with Crippen molar-refractivity contribution in [2.24, 2.45) is 5.92 Å². The molecule has 1 aromatic rings. The van der Waals surface area contributed by atoms with Gasteiger partial charge in [0.25, 0.3) is 0 Å². The third kappa shape index (κ3) is 4.65. The number of rotatable bonds is 6. The molecule has 0 aliphatic rings. The van der Waals surface area contributed by atoms with Gasteiger partial charge in [-0.2, -0.15) is 0 Å². The lowest BCUT2D eigenvalue weighted by Crippen LogP contribution is -2.05. The topological polar surface area (TPSA) is 22.1 Å². The number of ether oxygens (including phenoxy) is 1. The maximum Gasteiger partial charge on any atom is 0.140 e. The van der Waals surface area contributed by atoms with Crippen LogP contribution >= 0.6 is 15.9 Å². The third-order valence-corrected chi connectivity index (χ3v) is 2.89. The number of pyridine rings is 1. The lowest BCUT2D eigenvalue weighted by atomic mass is 10.1. The second-order valence-electron chi connectivity index (χ2n) is 3.81. The normalized spacial score (nSPS) is 12.5. The molecule has 0 aromatic carbocycles. The molecule has 0 aliphatic heterocycles. The van der Waals surface area contributed by atoms with Crippen LogP contribution in [0.1, 0.15) is 25.5 Å². The van der Waals surface area contributed by atoms with Crippen LogP contribution < -0.4 is 4.74 Å². The van der Waals surface area contributed by atoms with Gasteiger partial charge in [-0.05, 0) is 37.8 Å². The Labute approximate surface area is 100 Å². The average Bonchev–Trinajstić information content (AvgIpc) is 2.21. The number of nitrogens with zero attached hydrogens (tertiary/aromatic N) is 1. The summed E-state index contributed by atoms with van der Waals surface area (Å²) < 4.78 is 5.68. The van der Waals surface area contributed by atoms with Crippen molar-refractivity contribution < 1.29 is 4.74 Å². The molecule has 1 rings (SSSR count). The molecule has 0 saturated heterocycles. The van der Waals surface area contributed by atoms with Crippen LogP contribution in [0.4, 0.5) is 0 Å². The zero-order chi connectivity index (χ0) is 11.1. The molecule has 1 aromatic heterocycles. The molecule has 0 amide bonds. The first-order valence-electron chi connectivity index (χ1n) is 5.34. The van der Waals surface area contributed by atoms with E-state index in [1.54, 1.807) is 6.20 Å². The standard InChI is InChI=1S/C12H18BrNO/c1-10(5-7-13)6-9-15-12-4-3-8-14-11(12)2/h3-4,8,10H,5-7,9H2,1-2H3. The lowest BCUT2D eigenvalue weighted by molar-refractivity contribution is 0.279. The fourth-order valence-corrected chi connectivity index (χ4v) is 2.10. The van der Waals surface area contributed by atoms with Crippen molar-refractivity contribution in [3.63, 3.8) is 0 Å². The van der Waals surface area contributed by atoms with Crippen molar-refractivity contribution >= 4 is 15.9 Å². The van der Waals surface area contributed by atoms with E-state index in [2.05, 4.69) is 27.8 Å². The van der Waals surface area contributed by atoms with E-state index < -0.39 is 0 Å². The smallest absolute Gasteiger partial charge is 0.140 e. The van der Waals surface area contributed by atoms with Gasteiger partial charge in [0.15, 0.2) is 0 Å². The predicted molar refractivity (Wildman–Crippen MR) is 66.7 cm³/mol. The average molecular weight is 272 g/mol. The van der Waals surface area contributed by atoms with E-state index in [0.717, 1.165) is 29.8 Å². The third-order valence-electron chi connectivity index (χ3n) is 2.43. The molecule has 0 N–H and O–H groups in total. The Morgan fingerprint density at radius 1 is 1.47 bits per heavy atom. The van der Waals surface area contributed by atoms with Crippen molar-refractivity contribution in [3.05, 3.63) is 24.0 Å². The minimum Gasteiger partial charge on any atom is -0.492 e. The van der Waals surface area contributed by atoms with E-state index in [-0.39, 0.29) is 0 Å². The number of hydrogen-bond donors (Lipinski definition) is 0. The molecule has 0 bridgehead atoms. The number of halogens is 1. The van der Waals surface area contributed by atoms with E-state index in [1.807, 2.05) is 19.1 Å². The highest BCUT2D eigenvalue weighted by atomic mass is 79.9. The van der Waals surface area contributed by atoms with Gasteiger partial charge in [0.2, 0.25) is 0 Å². The summed E-state index contributed by atoms with van der Waals surface area (Å²) in [5.41, 5.74) is 0.964. The summed E-state index contributed by atoms with van der Waals surface area (Å²) in [5, 5.41) is 1.07. The van der Waals surface area contributed by atoms with Crippen LogP contribution in [-0.4, -0.2) is 16.9 Å². The van der Waals surface area contributed by atoms with E-state index >= 15 is 0 Å². The van der Waals surface area contributed by atoms with Gasteiger partial charge in [-0.15, -0.1) is 0 Å². The Morgan fingerprint density at radius 2 is 2.27 bits per heavy atom. The molecule has 15 heavy (non-hydrogen) atoms. The van der Waals surface area contributed by atoms with Crippen LogP contribution in [0.3, 0.4) is 0 Å². The Bertz CT molecular complexity index is 291. The van der Waals surface area contributed by atoms with Crippen molar-refractivity contribution in [1.82, 2.24) is 4.98 Å². The largest absolute Gasteiger partial charge is 0.492 e. The van der Waals surface area contributed by atoms with Crippen molar-refractivity contribution in [1.29, 1.82) is 0 Å². The van der Waals surface area contributed by atoms with E-state index in [0.29, 0.717) is 5.92 Å². The summed E-state index contributed by atoms with van der Waals surface area (Å²) in [6.07, 6.45) is 4.09. The van der Waals surface area contributed by atoms with Gasteiger partial charge in [0, 0.05) is 11.5 Å². The highest BCUT2D eigenvalue weighted by Crippen LogP contribution is 2.15. The minimum atomic E-state index is 0.710. The molecule has 1 heterocycles. The number of hydrogen-bond acceptors (Lipinski definition) is 2. The fraction of sp³-hybridized carbons (Fsp3) is 0.583. The maximum atomic E-state index is 5.68. The first-order chi connectivity index (χ1) is 7.24. The van der Waals surface area contributed by atoms with Crippen LogP contribution in [0.25, 0.3) is 0 Å². The first-order valence-corrected chi connectivity index (χ1v) is 6.46. The summed E-state index contributed by atoms with van der Waals surface area (Å²) in [6.45, 7) is 5.00. The molecule has 0 radical (unpaired) electrons. The van der Waals surface area contributed by atoms with Crippen molar-refractivity contribution in [3.8, 4) is 5.75 Å². The number of alkyl halides is 1. The Morgan fingerprint density at radius 3 is 2.93 bits per heavy atom. The molecule has 0 fully saturated rings. The van der Waals surface area contributed by atoms with Crippen molar-refractivity contribution in [2.45, 2.75) is 26.7 Å². The zero-order valence-corrected chi connectivity index (χ0v) is 11.0. The van der Waals surface area contributed by atoms with Gasteiger partial charge >= 0.3 is 0 Å². The lowest BCUT2D eigenvalue weighted by Gasteiger charge is -2.11. The van der Waals surface area contributed by atoms with E-state index in [1.165, 1.54) is 6.42 Å². The Hall–Kier alpha value is -0.570. The number of aryl methyl sites for hydroxylation is 1. The monoisotopic (exact) mass is 271 g/mol. The van der Waals surface area contributed by atoms with Gasteiger partial charge in [-0.25, -0.2) is 0 Å². The molecular formula is C12H18BrNO. The maximum absolute atomic E-state index is 5.68. The predicted octanol–water partition coefficient (Wildman–Crippen LogP) is 3.58. The second kappa shape index (κ2) is 6.83. The van der Waals surface area contributed by atoms with Gasteiger partial charge in [0.1, 0.15) is 5.75 Å². The molecule has 2 nitrogen and oxygen atoms in total. The van der Waals surface area contributed by atoms with Crippen LogP contribution in [0, 0.1) is 12.8 Å².